The van der Waals surface area contributed by atoms with E-state index in [0.29, 0.717) is 23.1 Å². The first-order valence-corrected chi connectivity index (χ1v) is 7.67. The molecule has 1 saturated carbocycles. The van der Waals surface area contributed by atoms with Crippen molar-refractivity contribution < 1.29 is 19.4 Å². The van der Waals surface area contributed by atoms with Crippen molar-refractivity contribution >= 4 is 17.8 Å². The van der Waals surface area contributed by atoms with Gasteiger partial charge in [-0.3, -0.25) is 0 Å². The third-order valence-electron chi connectivity index (χ3n) is 3.40. The van der Waals surface area contributed by atoms with E-state index in [4.69, 9.17) is 26.2 Å². The van der Waals surface area contributed by atoms with Crippen LogP contribution in [0.4, 0.5) is 4.79 Å². The highest BCUT2D eigenvalue weighted by Crippen LogP contribution is 2.46. The number of halogens is 1. The van der Waals surface area contributed by atoms with Gasteiger partial charge in [0.15, 0.2) is 5.82 Å². The lowest BCUT2D eigenvalue weighted by molar-refractivity contribution is 0.141. The maximum Gasteiger partial charge on any atom is 0.511 e. The molecule has 120 valence electrons. The normalized spacial score (nSPS) is 13.7. The standard InChI is InChI=1S/C16H15ClN2O4/c1-2-22-15-13(23-16(20)21)12(9-3-4-9)18-14(19-15)10-5-7-11(17)8-6-10/h5-9H,2-4H2,1H3,(H,20,21). The summed E-state index contributed by atoms with van der Waals surface area (Å²) in [5.41, 5.74) is 1.36. The van der Waals surface area contributed by atoms with Gasteiger partial charge in [-0.1, -0.05) is 11.6 Å². The van der Waals surface area contributed by atoms with Crippen LogP contribution >= 0.6 is 11.6 Å². The van der Waals surface area contributed by atoms with Crippen LogP contribution in [-0.4, -0.2) is 27.8 Å². The Balaban J connectivity index is 2.10. The molecule has 0 aliphatic heterocycles. The number of aromatic nitrogens is 2. The fourth-order valence-electron chi connectivity index (χ4n) is 2.23. The van der Waals surface area contributed by atoms with E-state index < -0.39 is 6.16 Å². The highest BCUT2D eigenvalue weighted by molar-refractivity contribution is 6.30. The Hall–Kier alpha value is -2.34. The summed E-state index contributed by atoms with van der Waals surface area (Å²) < 4.78 is 10.4. The van der Waals surface area contributed by atoms with Gasteiger partial charge in [-0.25, -0.2) is 9.78 Å². The predicted molar refractivity (Wildman–Crippen MR) is 84.3 cm³/mol. The van der Waals surface area contributed by atoms with Crippen molar-refractivity contribution in [2.75, 3.05) is 6.61 Å². The van der Waals surface area contributed by atoms with Gasteiger partial charge in [-0.2, -0.15) is 4.98 Å². The number of hydrogen-bond donors (Lipinski definition) is 1. The van der Waals surface area contributed by atoms with E-state index in [1.807, 2.05) is 12.1 Å². The third-order valence-corrected chi connectivity index (χ3v) is 3.65. The molecule has 1 fully saturated rings. The number of carbonyl (C=O) groups is 1. The van der Waals surface area contributed by atoms with Crippen LogP contribution in [0.2, 0.25) is 5.02 Å². The molecule has 3 rings (SSSR count). The monoisotopic (exact) mass is 334 g/mol. The number of ether oxygens (including phenoxy) is 2. The molecule has 0 spiro atoms. The summed E-state index contributed by atoms with van der Waals surface area (Å²) in [7, 11) is 0. The van der Waals surface area contributed by atoms with Crippen molar-refractivity contribution in [2.24, 2.45) is 0 Å². The number of benzene rings is 1. The molecule has 0 saturated heterocycles. The van der Waals surface area contributed by atoms with Crippen molar-refractivity contribution in [1.82, 2.24) is 9.97 Å². The minimum absolute atomic E-state index is 0.0968. The SMILES string of the molecule is CCOc1nc(-c2ccc(Cl)cc2)nc(C2CC2)c1OC(=O)O. The lowest BCUT2D eigenvalue weighted by atomic mass is 10.2. The van der Waals surface area contributed by atoms with Crippen molar-refractivity contribution in [2.45, 2.75) is 25.7 Å². The van der Waals surface area contributed by atoms with Crippen LogP contribution in [0.5, 0.6) is 11.6 Å². The maximum absolute atomic E-state index is 11.0. The predicted octanol–water partition coefficient (Wildman–Crippen LogP) is 4.13. The Bertz CT molecular complexity index is 730. The Labute approximate surface area is 138 Å². The minimum atomic E-state index is -1.41. The molecule has 6 nitrogen and oxygen atoms in total. The van der Waals surface area contributed by atoms with Crippen molar-refractivity contribution in [3.63, 3.8) is 0 Å². The molecular formula is C16H15ClN2O4. The molecule has 0 unspecified atom stereocenters. The summed E-state index contributed by atoms with van der Waals surface area (Å²) in [6.45, 7) is 2.14. The Kier molecular flexibility index (Phi) is 4.34. The van der Waals surface area contributed by atoms with Gasteiger partial charge in [-0.05, 0) is 44.0 Å². The molecular weight excluding hydrogens is 320 g/mol. The molecule has 1 aliphatic carbocycles. The number of rotatable bonds is 5. The van der Waals surface area contributed by atoms with Crippen LogP contribution in [0.1, 0.15) is 31.4 Å². The van der Waals surface area contributed by atoms with Crippen molar-refractivity contribution in [3.8, 4) is 23.0 Å². The third kappa shape index (κ3) is 3.53. The van der Waals surface area contributed by atoms with Gasteiger partial charge in [0.1, 0.15) is 0 Å². The topological polar surface area (TPSA) is 81.5 Å². The zero-order valence-corrected chi connectivity index (χ0v) is 13.2. The second kappa shape index (κ2) is 6.42. The molecule has 0 bridgehead atoms. The molecule has 0 atom stereocenters. The molecule has 0 radical (unpaired) electrons. The summed E-state index contributed by atoms with van der Waals surface area (Å²) >= 11 is 5.90. The van der Waals surface area contributed by atoms with Crippen LogP contribution < -0.4 is 9.47 Å². The van der Waals surface area contributed by atoms with Crippen LogP contribution in [0.3, 0.4) is 0 Å². The van der Waals surface area contributed by atoms with E-state index in [0.717, 1.165) is 18.4 Å². The first kappa shape index (κ1) is 15.6. The molecule has 1 N–H and O–H groups in total. The van der Waals surface area contributed by atoms with Gasteiger partial charge in [0.05, 0.1) is 12.3 Å². The van der Waals surface area contributed by atoms with Gasteiger partial charge >= 0.3 is 6.16 Å². The summed E-state index contributed by atoms with van der Waals surface area (Å²) in [5, 5.41) is 9.57. The number of nitrogens with zero attached hydrogens (tertiary/aromatic N) is 2. The highest BCUT2D eigenvalue weighted by Gasteiger charge is 2.33. The van der Waals surface area contributed by atoms with Gasteiger partial charge in [0.2, 0.25) is 5.75 Å². The average Bonchev–Trinajstić information content (AvgIpc) is 3.34. The van der Waals surface area contributed by atoms with Gasteiger partial charge in [0, 0.05) is 16.5 Å². The summed E-state index contributed by atoms with van der Waals surface area (Å²) in [5.74, 6) is 0.888. The molecule has 2 aromatic rings. The largest absolute Gasteiger partial charge is 0.511 e. The summed E-state index contributed by atoms with van der Waals surface area (Å²) in [4.78, 5) is 19.8. The van der Waals surface area contributed by atoms with Crippen LogP contribution in [0.25, 0.3) is 11.4 Å². The van der Waals surface area contributed by atoms with Crippen LogP contribution in [0.15, 0.2) is 24.3 Å². The van der Waals surface area contributed by atoms with E-state index in [1.54, 1.807) is 19.1 Å². The Morgan fingerprint density at radius 2 is 2.00 bits per heavy atom. The fourth-order valence-corrected chi connectivity index (χ4v) is 2.35. The van der Waals surface area contributed by atoms with Gasteiger partial charge in [0.25, 0.3) is 5.88 Å². The molecule has 7 heteroatoms. The van der Waals surface area contributed by atoms with E-state index in [1.165, 1.54) is 0 Å². The zero-order chi connectivity index (χ0) is 16.4. The van der Waals surface area contributed by atoms with E-state index in [2.05, 4.69) is 9.97 Å². The second-order valence-electron chi connectivity index (χ2n) is 5.15. The summed E-state index contributed by atoms with van der Waals surface area (Å²) in [6, 6.07) is 7.11. The first-order chi connectivity index (χ1) is 11.1. The van der Waals surface area contributed by atoms with Crippen molar-refractivity contribution in [3.05, 3.63) is 35.0 Å². The van der Waals surface area contributed by atoms with Crippen LogP contribution in [-0.2, 0) is 0 Å². The van der Waals surface area contributed by atoms with Crippen LogP contribution in [0, 0.1) is 0 Å². The highest BCUT2D eigenvalue weighted by atomic mass is 35.5. The molecule has 23 heavy (non-hydrogen) atoms. The summed E-state index contributed by atoms with van der Waals surface area (Å²) in [6.07, 6.45) is 0.479. The lowest BCUT2D eigenvalue weighted by Gasteiger charge is -2.13. The van der Waals surface area contributed by atoms with Gasteiger partial charge in [-0.15, -0.1) is 0 Å². The molecule has 1 aromatic heterocycles. The van der Waals surface area contributed by atoms with Gasteiger partial charge < -0.3 is 14.6 Å². The lowest BCUT2D eigenvalue weighted by Crippen LogP contribution is -2.11. The van der Waals surface area contributed by atoms with E-state index >= 15 is 0 Å². The fraction of sp³-hybridized carbons (Fsp3) is 0.312. The number of carboxylic acid groups (broad SMARTS) is 1. The maximum atomic E-state index is 11.0. The quantitative estimate of drug-likeness (QED) is 0.828. The smallest absolute Gasteiger partial charge is 0.475 e. The molecule has 0 amide bonds. The van der Waals surface area contributed by atoms with Crippen molar-refractivity contribution in [1.29, 1.82) is 0 Å². The first-order valence-electron chi connectivity index (χ1n) is 7.30. The molecule has 1 aliphatic rings. The molecule has 1 heterocycles. The zero-order valence-electron chi connectivity index (χ0n) is 12.5. The Morgan fingerprint density at radius 1 is 1.30 bits per heavy atom. The number of hydrogen-bond acceptors (Lipinski definition) is 5. The molecule has 1 aromatic carbocycles. The second-order valence-corrected chi connectivity index (χ2v) is 5.59. The Morgan fingerprint density at radius 3 is 2.57 bits per heavy atom. The van der Waals surface area contributed by atoms with E-state index in [-0.39, 0.29) is 17.5 Å². The average molecular weight is 335 g/mol. The minimum Gasteiger partial charge on any atom is -0.475 e. The van der Waals surface area contributed by atoms with E-state index in [9.17, 15) is 4.79 Å².